The first-order valence-corrected chi connectivity index (χ1v) is 31.0. The molecule has 0 aromatic carbocycles. The summed E-state index contributed by atoms with van der Waals surface area (Å²) in [5, 5.41) is 25.7. The van der Waals surface area contributed by atoms with Crippen molar-refractivity contribution >= 4 is 82.8 Å². The summed E-state index contributed by atoms with van der Waals surface area (Å²) in [4.78, 5) is 108. The number of thioether (sulfide) groups is 2. The van der Waals surface area contributed by atoms with Crippen molar-refractivity contribution in [1.82, 2.24) is 57.5 Å². The van der Waals surface area contributed by atoms with Crippen LogP contribution in [0, 0.1) is 5.92 Å². The van der Waals surface area contributed by atoms with Crippen LogP contribution >= 0.6 is 23.5 Å². The number of carbonyl (C=O) groups is 7. The van der Waals surface area contributed by atoms with E-state index in [1.807, 2.05) is 23.5 Å². The third kappa shape index (κ3) is 17.6. The van der Waals surface area contributed by atoms with Crippen LogP contribution < -0.4 is 57.2 Å². The summed E-state index contributed by atoms with van der Waals surface area (Å²) in [7, 11) is 0. The quantitative estimate of drug-likeness (QED) is 0.0442. The molecule has 7 saturated heterocycles. The molecule has 0 spiro atoms. The highest BCUT2D eigenvalue weighted by Gasteiger charge is 2.44. The van der Waals surface area contributed by atoms with Gasteiger partial charge in [-0.2, -0.15) is 38.5 Å². The number of urea groups is 1. The number of aromatic nitrogens is 3. The highest BCUT2D eigenvalue weighted by Crippen LogP contribution is 2.39. The third-order valence-corrected chi connectivity index (χ3v) is 19.4. The van der Waals surface area contributed by atoms with E-state index in [9.17, 15) is 33.6 Å². The van der Waals surface area contributed by atoms with Gasteiger partial charge < -0.3 is 57.2 Å². The minimum Gasteiger partial charge on any atom is -0.356 e. The Labute approximate surface area is 457 Å². The number of hydrogen-bond donors (Lipinski definition) is 8. The number of rotatable bonds is 28. The van der Waals surface area contributed by atoms with Crippen molar-refractivity contribution < 1.29 is 33.6 Å². The van der Waals surface area contributed by atoms with E-state index in [1.165, 1.54) is 0 Å². The minimum absolute atomic E-state index is 0.0219. The first-order valence-electron chi connectivity index (χ1n) is 28.9. The molecule has 422 valence electrons. The minimum atomic E-state index is -0.0676. The van der Waals surface area contributed by atoms with E-state index in [-0.39, 0.29) is 71.7 Å². The fourth-order valence-corrected chi connectivity index (χ4v) is 15.1. The number of fused-ring (bicyclic) bond motifs is 2. The number of amides is 8. The van der Waals surface area contributed by atoms with Crippen LogP contribution in [0.1, 0.15) is 155 Å². The molecule has 7 fully saturated rings. The van der Waals surface area contributed by atoms with E-state index in [2.05, 4.69) is 57.2 Å². The molecule has 8 rings (SSSR count). The zero-order valence-electron chi connectivity index (χ0n) is 44.9. The summed E-state index contributed by atoms with van der Waals surface area (Å²) in [5.41, 5.74) is 0. The lowest BCUT2D eigenvalue weighted by molar-refractivity contribution is -0.123. The monoisotopic (exact) mass is 1090 g/mol. The van der Waals surface area contributed by atoms with Crippen LogP contribution in [0.15, 0.2) is 0 Å². The fourth-order valence-electron chi connectivity index (χ4n) is 11.9. The molecule has 7 aliphatic rings. The summed E-state index contributed by atoms with van der Waals surface area (Å²) in [6.07, 6.45) is 18.0. The fraction of sp³-hybridized carbons (Fsp3) is 0.811. The maximum Gasteiger partial charge on any atom is 0.315 e. The molecule has 23 heteroatoms. The van der Waals surface area contributed by atoms with Crippen LogP contribution in [0.25, 0.3) is 0 Å². The molecule has 1 aromatic heterocycles. The molecule has 0 saturated carbocycles. The normalized spacial score (nSPS) is 24.8. The lowest BCUT2D eigenvalue weighted by Gasteiger charge is -2.36. The maximum absolute atomic E-state index is 13.0. The molecular weight excluding hydrogens is 1010 g/mol. The largest absolute Gasteiger partial charge is 0.356 e. The van der Waals surface area contributed by atoms with Crippen LogP contribution in [-0.2, 0) is 28.8 Å². The maximum atomic E-state index is 13.0. The van der Waals surface area contributed by atoms with Gasteiger partial charge in [-0.1, -0.05) is 25.7 Å². The highest BCUT2D eigenvalue weighted by atomic mass is 32.2. The first-order chi connectivity index (χ1) is 36.9. The molecule has 6 atom stereocenters. The zero-order valence-corrected chi connectivity index (χ0v) is 46.5. The Bertz CT molecular complexity index is 2000. The second-order valence-corrected chi connectivity index (χ2v) is 24.8. The molecule has 8 heterocycles. The average Bonchev–Trinajstić information content (AvgIpc) is 4.18. The van der Waals surface area contributed by atoms with Crippen molar-refractivity contribution in [3.63, 3.8) is 0 Å². The molecule has 76 heavy (non-hydrogen) atoms. The van der Waals surface area contributed by atoms with Gasteiger partial charge in [-0.15, -0.1) is 0 Å². The van der Waals surface area contributed by atoms with Crippen LogP contribution in [-0.4, -0.2) is 167 Å². The van der Waals surface area contributed by atoms with E-state index in [1.54, 1.807) is 6.92 Å². The van der Waals surface area contributed by atoms with Gasteiger partial charge in [0.1, 0.15) is 0 Å². The van der Waals surface area contributed by atoms with Gasteiger partial charge in [-0.3, -0.25) is 28.8 Å². The Balaban J connectivity index is 0.689. The number of hydrogen-bond acceptors (Lipinski definition) is 15. The van der Waals surface area contributed by atoms with Crippen LogP contribution in [0.5, 0.6) is 0 Å². The standard InChI is InChI=1S/C53H86N14O7S2/c1-35(68)56-37-18-26-65(27-19-37)50-62-51(66-28-20-38(21-29-66)57-45(71)16-4-2-10-24-54-43(69)14-8-6-12-41-48-36(33-75-41)32-47(73)60-48)64-52(63-50)67-30-22-39(23-31-67)58-46(72)17-5-3-11-25-55-44(70)15-9-7-13-42-49-40(34-76-42)59-53(74)61-49/h36-42,48-49H,2-34H2,1H3,(H,54,69)(H,55,70)(H,56,68)(H,57,71)(H,58,72)(H,60,73)(H2,59,61,74)/t36?,40?,41?,42-,48?,49?/m0/s1. The topological polar surface area (TPSA) is 264 Å². The van der Waals surface area contributed by atoms with Crippen LogP contribution in [0.2, 0.25) is 0 Å². The van der Waals surface area contributed by atoms with E-state index in [0.717, 1.165) is 127 Å². The van der Waals surface area contributed by atoms with Crippen molar-refractivity contribution in [3.05, 3.63) is 0 Å². The second-order valence-electron chi connectivity index (χ2n) is 22.2. The number of nitrogens with one attached hydrogen (secondary N) is 8. The Morgan fingerprint density at radius 1 is 0.513 bits per heavy atom. The van der Waals surface area contributed by atoms with E-state index in [4.69, 9.17) is 15.0 Å². The number of piperidine rings is 3. The van der Waals surface area contributed by atoms with Crippen molar-refractivity contribution in [2.75, 3.05) is 78.6 Å². The smallest absolute Gasteiger partial charge is 0.315 e. The van der Waals surface area contributed by atoms with Gasteiger partial charge in [0.2, 0.25) is 53.3 Å². The van der Waals surface area contributed by atoms with Crippen LogP contribution in [0.3, 0.4) is 0 Å². The summed E-state index contributed by atoms with van der Waals surface area (Å²) in [5.74, 6) is 4.81. The molecular formula is C53H86N14O7S2. The Kier molecular flexibility index (Phi) is 22.1. The second kappa shape index (κ2) is 29.3. The van der Waals surface area contributed by atoms with E-state index in [0.29, 0.717) is 125 Å². The van der Waals surface area contributed by atoms with Gasteiger partial charge in [0, 0.05) is 132 Å². The summed E-state index contributed by atoms with van der Waals surface area (Å²) in [6, 6.07) is 0.941. The van der Waals surface area contributed by atoms with Gasteiger partial charge in [-0.05, 0) is 102 Å². The predicted molar refractivity (Wildman–Crippen MR) is 297 cm³/mol. The van der Waals surface area contributed by atoms with Gasteiger partial charge in [0.15, 0.2) is 0 Å². The molecule has 8 amide bonds. The predicted octanol–water partition coefficient (Wildman–Crippen LogP) is 3.41. The third-order valence-electron chi connectivity index (χ3n) is 16.3. The highest BCUT2D eigenvalue weighted by molar-refractivity contribution is 8.00. The van der Waals surface area contributed by atoms with Crippen molar-refractivity contribution in [2.45, 2.75) is 201 Å². The molecule has 21 nitrogen and oxygen atoms in total. The molecule has 8 N–H and O–H groups in total. The van der Waals surface area contributed by atoms with E-state index < -0.39 is 0 Å². The van der Waals surface area contributed by atoms with Gasteiger partial charge in [0.05, 0.1) is 12.1 Å². The Morgan fingerprint density at radius 2 is 0.947 bits per heavy atom. The first kappa shape index (κ1) is 57.4. The van der Waals surface area contributed by atoms with E-state index >= 15 is 0 Å². The number of nitrogens with zero attached hydrogens (tertiary/aromatic N) is 6. The molecule has 0 radical (unpaired) electrons. The van der Waals surface area contributed by atoms with Gasteiger partial charge >= 0.3 is 6.03 Å². The van der Waals surface area contributed by atoms with Crippen molar-refractivity contribution in [1.29, 1.82) is 0 Å². The molecule has 7 aliphatic heterocycles. The average molecular weight is 1100 g/mol. The van der Waals surface area contributed by atoms with Gasteiger partial charge in [0.25, 0.3) is 0 Å². The van der Waals surface area contributed by atoms with Crippen molar-refractivity contribution in [3.8, 4) is 0 Å². The molecule has 1 aromatic rings. The van der Waals surface area contributed by atoms with Crippen LogP contribution in [0.4, 0.5) is 22.6 Å². The SMILES string of the molecule is CC(=O)NC1CCN(c2nc(N3CCC(NC(=O)CCCCCNC(=O)CCCCC4SCC5CC(=O)NC54)CC3)nc(N3CCC(NC(=O)CCCCCNC(=O)CCCC[C@@H]4SCC5NC(=O)NC54)CC3)n2)CC1. The summed E-state index contributed by atoms with van der Waals surface area (Å²) in [6.45, 7) is 7.01. The number of carbonyl (C=O) groups excluding carboxylic acids is 7. The Hall–Kier alpha value is -4.80. The molecule has 5 unspecified atom stereocenters. The zero-order chi connectivity index (χ0) is 53.2. The lowest BCUT2D eigenvalue weighted by Crippen LogP contribution is -2.47. The summed E-state index contributed by atoms with van der Waals surface area (Å²) < 4.78 is 0. The molecule has 0 aliphatic carbocycles. The van der Waals surface area contributed by atoms with Gasteiger partial charge in [-0.25, -0.2) is 4.79 Å². The Morgan fingerprint density at radius 3 is 1.43 bits per heavy atom. The number of unbranched alkanes of at least 4 members (excludes halogenated alkanes) is 6. The number of anilines is 3. The van der Waals surface area contributed by atoms with Crippen molar-refractivity contribution in [2.24, 2.45) is 5.92 Å². The molecule has 0 bridgehead atoms. The lowest BCUT2D eigenvalue weighted by atomic mass is 9.97. The summed E-state index contributed by atoms with van der Waals surface area (Å²) >= 11 is 3.87.